The Balaban J connectivity index is 2.84. The number of benzene rings is 1. The summed E-state index contributed by atoms with van der Waals surface area (Å²) in [6.07, 6.45) is 0. The minimum absolute atomic E-state index is 0.0185. The SMILES string of the molecule is CCNCc1cccc(OCC)c1OCCS(=O)(=O)CC. The summed E-state index contributed by atoms with van der Waals surface area (Å²) in [4.78, 5) is 0. The van der Waals surface area contributed by atoms with Gasteiger partial charge < -0.3 is 14.8 Å². The predicted octanol–water partition coefficient (Wildman–Crippen LogP) is 2.01. The van der Waals surface area contributed by atoms with Crippen LogP contribution in [0.25, 0.3) is 0 Å². The molecule has 0 bridgehead atoms. The molecule has 0 aromatic heterocycles. The van der Waals surface area contributed by atoms with Gasteiger partial charge >= 0.3 is 0 Å². The molecule has 0 saturated carbocycles. The van der Waals surface area contributed by atoms with Gasteiger partial charge in [-0.1, -0.05) is 26.0 Å². The van der Waals surface area contributed by atoms with E-state index in [9.17, 15) is 8.42 Å². The van der Waals surface area contributed by atoms with E-state index in [1.807, 2.05) is 32.0 Å². The number of sulfone groups is 1. The van der Waals surface area contributed by atoms with Gasteiger partial charge in [0.05, 0.1) is 12.4 Å². The largest absolute Gasteiger partial charge is 0.490 e. The molecule has 0 heterocycles. The molecule has 1 rings (SSSR count). The summed E-state index contributed by atoms with van der Waals surface area (Å²) in [5.41, 5.74) is 0.969. The maximum absolute atomic E-state index is 11.5. The van der Waals surface area contributed by atoms with E-state index in [1.165, 1.54) is 0 Å². The van der Waals surface area contributed by atoms with Gasteiger partial charge in [0.2, 0.25) is 0 Å². The third kappa shape index (κ3) is 5.93. The van der Waals surface area contributed by atoms with Gasteiger partial charge in [-0.3, -0.25) is 0 Å². The highest BCUT2D eigenvalue weighted by molar-refractivity contribution is 7.91. The van der Waals surface area contributed by atoms with Crippen LogP contribution in [0.4, 0.5) is 0 Å². The Labute approximate surface area is 127 Å². The molecule has 0 aliphatic heterocycles. The topological polar surface area (TPSA) is 64.6 Å². The van der Waals surface area contributed by atoms with E-state index >= 15 is 0 Å². The normalized spacial score (nSPS) is 11.4. The number of rotatable bonds is 10. The van der Waals surface area contributed by atoms with Gasteiger partial charge in [0, 0.05) is 17.9 Å². The van der Waals surface area contributed by atoms with Crippen LogP contribution in [0.2, 0.25) is 0 Å². The molecule has 0 unspecified atom stereocenters. The second-order valence-corrected chi connectivity index (χ2v) is 7.02. The van der Waals surface area contributed by atoms with Crippen LogP contribution in [0.3, 0.4) is 0 Å². The molecule has 6 heteroatoms. The summed E-state index contributed by atoms with van der Waals surface area (Å²) in [6.45, 7) is 7.76. The van der Waals surface area contributed by atoms with Gasteiger partial charge in [-0.25, -0.2) is 8.42 Å². The molecular formula is C15H25NO4S. The molecule has 1 aromatic carbocycles. The second kappa shape index (κ2) is 8.89. The number of ether oxygens (including phenoxy) is 2. The average Bonchev–Trinajstić information content (AvgIpc) is 2.47. The highest BCUT2D eigenvalue weighted by atomic mass is 32.2. The molecule has 5 nitrogen and oxygen atoms in total. The van der Waals surface area contributed by atoms with E-state index in [1.54, 1.807) is 6.92 Å². The molecule has 120 valence electrons. The smallest absolute Gasteiger partial charge is 0.165 e. The highest BCUT2D eigenvalue weighted by Gasteiger charge is 2.13. The molecule has 0 amide bonds. The monoisotopic (exact) mass is 315 g/mol. The maximum Gasteiger partial charge on any atom is 0.165 e. The van der Waals surface area contributed by atoms with Crippen LogP contribution < -0.4 is 14.8 Å². The molecular weight excluding hydrogens is 290 g/mol. The van der Waals surface area contributed by atoms with Crippen LogP contribution in [0.5, 0.6) is 11.5 Å². The van der Waals surface area contributed by atoms with E-state index in [0.29, 0.717) is 24.7 Å². The van der Waals surface area contributed by atoms with E-state index < -0.39 is 9.84 Å². The fourth-order valence-corrected chi connectivity index (χ4v) is 2.43. The van der Waals surface area contributed by atoms with Gasteiger partial charge in [0.1, 0.15) is 6.61 Å². The van der Waals surface area contributed by atoms with Crippen molar-refractivity contribution in [1.82, 2.24) is 5.32 Å². The van der Waals surface area contributed by atoms with Crippen LogP contribution in [-0.4, -0.2) is 39.7 Å². The predicted molar refractivity (Wildman–Crippen MR) is 84.8 cm³/mol. The molecule has 0 spiro atoms. The average molecular weight is 315 g/mol. The Morgan fingerprint density at radius 2 is 1.90 bits per heavy atom. The summed E-state index contributed by atoms with van der Waals surface area (Å²) in [7, 11) is -3.03. The number of hydrogen-bond acceptors (Lipinski definition) is 5. The zero-order valence-electron chi connectivity index (χ0n) is 13.0. The minimum atomic E-state index is -3.03. The summed E-state index contributed by atoms with van der Waals surface area (Å²) in [5.74, 6) is 1.44. The van der Waals surface area contributed by atoms with E-state index in [4.69, 9.17) is 9.47 Å². The Morgan fingerprint density at radius 3 is 2.52 bits per heavy atom. The van der Waals surface area contributed by atoms with Crippen molar-refractivity contribution in [3.63, 3.8) is 0 Å². The quantitative estimate of drug-likeness (QED) is 0.715. The zero-order valence-corrected chi connectivity index (χ0v) is 13.8. The summed E-state index contributed by atoms with van der Waals surface area (Å²) >= 11 is 0. The van der Waals surface area contributed by atoms with Crippen molar-refractivity contribution in [2.24, 2.45) is 0 Å². The lowest BCUT2D eigenvalue weighted by Crippen LogP contribution is -2.18. The third-order valence-electron chi connectivity index (χ3n) is 3.01. The van der Waals surface area contributed by atoms with E-state index in [0.717, 1.165) is 12.1 Å². The molecule has 1 N–H and O–H groups in total. The van der Waals surface area contributed by atoms with Crippen molar-refractivity contribution in [2.45, 2.75) is 27.3 Å². The van der Waals surface area contributed by atoms with Crippen molar-refractivity contribution in [3.05, 3.63) is 23.8 Å². The molecule has 0 saturated heterocycles. The van der Waals surface area contributed by atoms with Crippen molar-refractivity contribution in [3.8, 4) is 11.5 Å². The Bertz CT molecular complexity index is 528. The van der Waals surface area contributed by atoms with Crippen molar-refractivity contribution in [2.75, 3.05) is 31.3 Å². The summed E-state index contributed by atoms with van der Waals surface area (Å²) < 4.78 is 34.3. The molecule has 0 aliphatic carbocycles. The first kappa shape index (κ1) is 17.8. The van der Waals surface area contributed by atoms with Crippen molar-refractivity contribution in [1.29, 1.82) is 0 Å². The second-order valence-electron chi connectivity index (χ2n) is 4.54. The third-order valence-corrected chi connectivity index (χ3v) is 4.67. The van der Waals surface area contributed by atoms with Crippen LogP contribution in [0.1, 0.15) is 26.3 Å². The standard InChI is InChI=1S/C15H25NO4S/c1-4-16-12-13-8-7-9-14(19-5-2)15(13)20-10-11-21(17,18)6-3/h7-9,16H,4-6,10-12H2,1-3H3. The molecule has 0 atom stereocenters. The van der Waals surface area contributed by atoms with Gasteiger partial charge in [-0.2, -0.15) is 0 Å². The van der Waals surface area contributed by atoms with Crippen LogP contribution in [0.15, 0.2) is 18.2 Å². The molecule has 0 radical (unpaired) electrons. The lowest BCUT2D eigenvalue weighted by molar-refractivity contribution is 0.285. The van der Waals surface area contributed by atoms with E-state index in [2.05, 4.69) is 5.32 Å². The lowest BCUT2D eigenvalue weighted by Gasteiger charge is -2.16. The summed E-state index contributed by atoms with van der Waals surface area (Å²) in [5, 5.41) is 3.24. The van der Waals surface area contributed by atoms with Gasteiger partial charge in [-0.05, 0) is 19.5 Å². The molecule has 1 aromatic rings. The fraction of sp³-hybridized carbons (Fsp3) is 0.600. The van der Waals surface area contributed by atoms with Crippen LogP contribution in [0, 0.1) is 0 Å². The summed E-state index contributed by atoms with van der Waals surface area (Å²) in [6, 6.07) is 5.70. The first-order valence-corrected chi connectivity index (χ1v) is 9.14. The maximum atomic E-state index is 11.5. The van der Waals surface area contributed by atoms with Gasteiger partial charge in [0.15, 0.2) is 21.3 Å². The zero-order chi connectivity index (χ0) is 15.7. The number of para-hydroxylation sites is 1. The molecule has 0 fully saturated rings. The Kier molecular flexibility index (Phi) is 7.53. The Hall–Kier alpha value is -1.27. The Morgan fingerprint density at radius 1 is 1.14 bits per heavy atom. The molecule has 21 heavy (non-hydrogen) atoms. The van der Waals surface area contributed by atoms with Gasteiger partial charge in [0.25, 0.3) is 0 Å². The first-order chi connectivity index (χ1) is 10.0. The fourth-order valence-electron chi connectivity index (χ4n) is 1.81. The van der Waals surface area contributed by atoms with Crippen molar-refractivity contribution < 1.29 is 17.9 Å². The lowest BCUT2D eigenvalue weighted by atomic mass is 10.2. The highest BCUT2D eigenvalue weighted by Crippen LogP contribution is 2.31. The van der Waals surface area contributed by atoms with Crippen LogP contribution >= 0.6 is 0 Å². The first-order valence-electron chi connectivity index (χ1n) is 7.32. The number of hydrogen-bond donors (Lipinski definition) is 1. The molecule has 0 aliphatic rings. The number of nitrogens with one attached hydrogen (secondary N) is 1. The minimum Gasteiger partial charge on any atom is -0.490 e. The van der Waals surface area contributed by atoms with Gasteiger partial charge in [-0.15, -0.1) is 0 Å². The van der Waals surface area contributed by atoms with Crippen molar-refractivity contribution >= 4 is 9.84 Å². The van der Waals surface area contributed by atoms with E-state index in [-0.39, 0.29) is 18.1 Å². The van der Waals surface area contributed by atoms with Crippen LogP contribution in [-0.2, 0) is 16.4 Å².